The first-order chi connectivity index (χ1) is 3.15. The van der Waals surface area contributed by atoms with E-state index in [1.54, 1.807) is 0 Å². The van der Waals surface area contributed by atoms with Gasteiger partial charge in [0, 0.05) is 0 Å². The van der Waals surface area contributed by atoms with Crippen LogP contribution < -0.4 is 0 Å². The standard InChI is InChI=1S/C3H9N.C2H5.Al.2H/c1-4(2)3;1-2;;;/h1-3H3;1H2,2H3;;;. The molecule has 0 saturated heterocycles. The van der Waals surface area contributed by atoms with Crippen LogP contribution >= 0.6 is 0 Å². The Morgan fingerprint density at radius 2 is 1.29 bits per heavy atom. The second-order valence-corrected chi connectivity index (χ2v) is 3.46. The van der Waals surface area contributed by atoms with Crippen LogP contribution in [0.3, 0.4) is 0 Å². The zero-order valence-electron chi connectivity index (χ0n) is 6.15. The second kappa shape index (κ2) is 9.70. The zero-order valence-corrected chi connectivity index (χ0v) is 8.15. The Kier molecular flexibility index (Phi) is 14.5. The minimum atomic E-state index is 1.37. The van der Waals surface area contributed by atoms with E-state index in [0.717, 1.165) is 0 Å². The molecule has 44 valence electrons. The summed E-state index contributed by atoms with van der Waals surface area (Å²) in [6, 6.07) is 0. The molecule has 2 heteroatoms. The van der Waals surface area contributed by atoms with E-state index >= 15 is 0 Å². The summed E-state index contributed by atoms with van der Waals surface area (Å²) in [4.78, 5) is 2.00. The summed E-state index contributed by atoms with van der Waals surface area (Å²) in [5, 5.41) is 1.39. The third-order valence-corrected chi connectivity index (χ3v) is 0. The van der Waals surface area contributed by atoms with Crippen LogP contribution in [0, 0.1) is 0 Å². The molecule has 0 amide bonds. The maximum absolute atomic E-state index is 2.19. The van der Waals surface area contributed by atoms with Gasteiger partial charge in [-0.1, -0.05) is 6.92 Å². The second-order valence-electron chi connectivity index (χ2n) is 2.05. The van der Waals surface area contributed by atoms with Crippen LogP contribution in [0.25, 0.3) is 0 Å². The van der Waals surface area contributed by atoms with Crippen molar-refractivity contribution in [3.8, 4) is 0 Å². The van der Waals surface area contributed by atoms with E-state index in [4.69, 9.17) is 0 Å². The minimum Gasteiger partial charge on any atom is -0.312 e. The molecule has 0 aliphatic rings. The predicted molar refractivity (Wildman–Crippen MR) is 38.6 cm³/mol. The van der Waals surface area contributed by atoms with Crippen molar-refractivity contribution in [1.82, 2.24) is 4.90 Å². The summed E-state index contributed by atoms with van der Waals surface area (Å²) in [5.74, 6) is 0. The summed E-state index contributed by atoms with van der Waals surface area (Å²) in [6.07, 6.45) is 0. The van der Waals surface area contributed by atoms with Gasteiger partial charge in [0.1, 0.15) is 0 Å². The number of hydrogen-bond acceptors (Lipinski definition) is 1. The van der Waals surface area contributed by atoms with Gasteiger partial charge in [0.2, 0.25) is 16.3 Å². The number of nitrogens with zero attached hydrogens (tertiary/aromatic N) is 1. The lowest BCUT2D eigenvalue weighted by molar-refractivity contribution is 0.505. The van der Waals surface area contributed by atoms with Gasteiger partial charge < -0.3 is 4.90 Å². The molecule has 0 N–H and O–H groups in total. The highest BCUT2D eigenvalue weighted by Gasteiger charge is 1.58. The average Bonchev–Trinajstić information content (AvgIpc) is 1.33. The topological polar surface area (TPSA) is 3.24 Å². The maximum Gasteiger partial charge on any atom is 0.211 e. The molecule has 0 aliphatic carbocycles. The third kappa shape index (κ3) is 540. The largest absolute Gasteiger partial charge is 0.312 e. The van der Waals surface area contributed by atoms with E-state index in [2.05, 4.69) is 6.92 Å². The molecule has 1 nitrogen and oxygen atoms in total. The van der Waals surface area contributed by atoms with Crippen molar-refractivity contribution in [2.24, 2.45) is 0 Å². The van der Waals surface area contributed by atoms with Crippen molar-refractivity contribution in [2.75, 3.05) is 21.1 Å². The van der Waals surface area contributed by atoms with Crippen molar-refractivity contribution in [2.45, 2.75) is 12.2 Å². The van der Waals surface area contributed by atoms with Gasteiger partial charge in [-0.25, -0.2) is 0 Å². The molecule has 0 aliphatic heterocycles. The Balaban J connectivity index is 0. The lowest BCUT2D eigenvalue weighted by Crippen LogP contribution is -1.99. The van der Waals surface area contributed by atoms with Crippen LogP contribution in [0.4, 0.5) is 0 Å². The highest BCUT2D eigenvalue weighted by molar-refractivity contribution is 6.08. The van der Waals surface area contributed by atoms with Crippen LogP contribution in [0.15, 0.2) is 0 Å². The summed E-state index contributed by atoms with van der Waals surface area (Å²) >= 11 is 1.37. The molecule has 0 unspecified atom stereocenters. The molecule has 0 saturated carbocycles. The van der Waals surface area contributed by atoms with Crippen LogP contribution in [0.1, 0.15) is 6.92 Å². The molecule has 0 spiro atoms. The van der Waals surface area contributed by atoms with E-state index in [1.807, 2.05) is 26.0 Å². The van der Waals surface area contributed by atoms with Gasteiger partial charge in [-0.2, -0.15) is 0 Å². The fraction of sp³-hybridized carbons (Fsp3) is 1.00. The van der Waals surface area contributed by atoms with Crippen LogP contribution in [-0.2, 0) is 0 Å². The number of rotatable bonds is 0. The van der Waals surface area contributed by atoms with E-state index < -0.39 is 0 Å². The van der Waals surface area contributed by atoms with Crippen molar-refractivity contribution < 1.29 is 0 Å². The fourth-order valence-corrected chi connectivity index (χ4v) is 0. The first-order valence-electron chi connectivity index (χ1n) is 2.76. The highest BCUT2D eigenvalue weighted by atomic mass is 27.0. The van der Waals surface area contributed by atoms with Crippen LogP contribution in [0.2, 0.25) is 5.28 Å². The molecule has 0 heterocycles. The summed E-state index contributed by atoms with van der Waals surface area (Å²) in [7, 11) is 6.00. The van der Waals surface area contributed by atoms with Gasteiger partial charge in [0.05, 0.1) is 0 Å². The maximum atomic E-state index is 2.19. The van der Waals surface area contributed by atoms with Gasteiger partial charge in [0.15, 0.2) is 0 Å². The van der Waals surface area contributed by atoms with Crippen molar-refractivity contribution >= 4 is 16.3 Å². The lowest BCUT2D eigenvalue weighted by Gasteiger charge is -1.90. The Hall–Kier alpha value is 0.492. The van der Waals surface area contributed by atoms with Crippen molar-refractivity contribution in [1.29, 1.82) is 0 Å². The minimum absolute atomic E-state index is 1.37. The summed E-state index contributed by atoms with van der Waals surface area (Å²) in [6.45, 7) is 2.19. The van der Waals surface area contributed by atoms with Crippen molar-refractivity contribution in [3.05, 3.63) is 0 Å². The summed E-state index contributed by atoms with van der Waals surface area (Å²) < 4.78 is 0. The predicted octanol–water partition coefficient (Wildman–Crippen LogP) is 0.235. The molecule has 0 aromatic rings. The van der Waals surface area contributed by atoms with Crippen LogP contribution in [-0.4, -0.2) is 42.3 Å². The van der Waals surface area contributed by atoms with E-state index in [-0.39, 0.29) is 0 Å². The van der Waals surface area contributed by atoms with Gasteiger partial charge in [-0.05, 0) is 21.1 Å². The van der Waals surface area contributed by atoms with E-state index in [9.17, 15) is 0 Å². The molecule has 7 heavy (non-hydrogen) atoms. The molecule has 0 aromatic carbocycles. The monoisotopic (exact) mass is 117 g/mol. The lowest BCUT2D eigenvalue weighted by atomic mass is 11.0. The first kappa shape index (κ1) is 10.5. The quantitative estimate of drug-likeness (QED) is 0.411. The molecular weight excluding hydrogens is 101 g/mol. The molecule has 0 radical (unpaired) electrons. The first-order valence-corrected chi connectivity index (χ1v) is 4.17. The molecule has 0 fully saturated rings. The Morgan fingerprint density at radius 1 is 1.29 bits per heavy atom. The van der Waals surface area contributed by atoms with Crippen molar-refractivity contribution in [3.63, 3.8) is 0 Å². The van der Waals surface area contributed by atoms with Gasteiger partial charge in [-0.15, -0.1) is 5.28 Å². The molecule has 0 atom stereocenters. The number of hydrogen-bond donors (Lipinski definition) is 0. The normalized spacial score (nSPS) is 7.57. The molecule has 0 rings (SSSR count). The molecular formula is C5H16AlN. The van der Waals surface area contributed by atoms with Gasteiger partial charge in [0.25, 0.3) is 0 Å². The van der Waals surface area contributed by atoms with Gasteiger partial charge in [-0.3, -0.25) is 0 Å². The van der Waals surface area contributed by atoms with E-state index in [0.29, 0.717) is 0 Å². The molecule has 0 bridgehead atoms. The van der Waals surface area contributed by atoms with E-state index in [1.165, 1.54) is 21.6 Å². The highest BCUT2D eigenvalue weighted by Crippen LogP contribution is 1.49. The van der Waals surface area contributed by atoms with Gasteiger partial charge >= 0.3 is 0 Å². The molecule has 0 aromatic heterocycles. The Morgan fingerprint density at radius 3 is 1.29 bits per heavy atom. The Bertz CT molecular complexity index is 19.3. The fourth-order valence-electron chi connectivity index (χ4n) is 0. The SMILES string of the molecule is CN(C)C.C[CH2][AlH2]. The summed E-state index contributed by atoms with van der Waals surface area (Å²) in [5.41, 5.74) is 0. The average molecular weight is 117 g/mol. The zero-order chi connectivity index (χ0) is 6.28. The smallest absolute Gasteiger partial charge is 0.211 e. The third-order valence-electron chi connectivity index (χ3n) is 0. The Labute approximate surface area is 55.1 Å². The van der Waals surface area contributed by atoms with Crippen LogP contribution in [0.5, 0.6) is 0 Å².